The van der Waals surface area contributed by atoms with Gasteiger partial charge in [0.05, 0.1) is 35.7 Å². The SMILES string of the molecule is CCCCCC[n+]1c2ccccc2c(C=CC=C2N(CC)c3ccc(S(=O)(=O)[O-])cc3C2(C)C)c2ccccc21.CCCCCC[n+]1ccc(C=CC=C2N(CC)c3ccc(S(=O)(=O)[O-])cc3C2(C)C)c2ccccc21.CC[n+]1cc(C)ccc1C=CC=C1N(CCCCCC(=O)[O-])c2ccc(S(=O)(=O)[O-])cc2C1(C)C.C[n+]1c(/C=C/c2cc3c4c(c2)CCCN4CCC3)sc2cc(S(=O)(=O)N3CCCCC3)ccc21. The van der Waals surface area contributed by atoms with Crippen molar-refractivity contribution in [1.29, 1.82) is 0 Å². The summed E-state index contributed by atoms with van der Waals surface area (Å²) in [5.74, 6) is -1.05. The van der Waals surface area contributed by atoms with Crippen molar-refractivity contribution in [2.45, 2.75) is 261 Å². The minimum atomic E-state index is -4.57. The number of carbonyl (C=O) groups excluding carboxylic acids is 1. The first-order valence-electron chi connectivity index (χ1n) is 51.6. The van der Waals surface area contributed by atoms with E-state index in [4.69, 9.17) is 0 Å². The molecule has 1 saturated heterocycles. The van der Waals surface area contributed by atoms with E-state index in [2.05, 4.69) is 278 Å². The molecule has 1 fully saturated rings. The minimum absolute atomic E-state index is 0.0339. The Kier molecular flexibility index (Phi) is 34.3. The molecular formula is C118H139N9O13S5. The minimum Gasteiger partial charge on any atom is -0.744 e. The molecule has 0 aliphatic carbocycles. The van der Waals surface area contributed by atoms with Gasteiger partial charge in [-0.15, -0.1) is 0 Å². The maximum Gasteiger partial charge on any atom is 0.262 e. The van der Waals surface area contributed by atoms with Crippen molar-refractivity contribution in [3.05, 3.63) is 303 Å². The fraction of sp³-hybridized carbons (Fsp3) is 0.381. The number of aryl methyl sites for hydroxylation is 7. The molecule has 145 heavy (non-hydrogen) atoms. The number of sulfonamides is 1. The number of carboxylic acid groups (broad SMARTS) is 1. The van der Waals surface area contributed by atoms with Crippen molar-refractivity contribution in [3.63, 3.8) is 0 Å². The summed E-state index contributed by atoms with van der Waals surface area (Å²) < 4.78 is 143. The van der Waals surface area contributed by atoms with Gasteiger partial charge in [0, 0.05) is 180 Å². The van der Waals surface area contributed by atoms with E-state index in [1.165, 1.54) is 180 Å². The smallest absolute Gasteiger partial charge is 0.262 e. The number of rotatable bonds is 32. The van der Waals surface area contributed by atoms with Crippen molar-refractivity contribution in [3.8, 4) is 0 Å². The number of pyridine rings is 3. The molecule has 12 aromatic rings. The van der Waals surface area contributed by atoms with Crippen LogP contribution in [0.2, 0.25) is 0 Å². The molecule has 8 aromatic carbocycles. The van der Waals surface area contributed by atoms with Crippen LogP contribution in [-0.2, 0) is 101 Å². The molecule has 0 unspecified atom stereocenters. The van der Waals surface area contributed by atoms with Crippen LogP contribution >= 0.6 is 11.3 Å². The number of likely N-dealkylation sites (N-methyl/N-ethyl adjacent to an activating group) is 2. The van der Waals surface area contributed by atoms with E-state index in [1.807, 2.05) is 44.2 Å². The number of carboxylic acids is 1. The number of aliphatic carboxylic acids is 1. The van der Waals surface area contributed by atoms with Crippen LogP contribution in [0.3, 0.4) is 0 Å². The van der Waals surface area contributed by atoms with Crippen LogP contribution in [0, 0.1) is 6.92 Å². The molecule has 764 valence electrons. The first-order chi connectivity index (χ1) is 69.3. The molecule has 0 saturated carbocycles. The normalized spacial score (nSPS) is 16.9. The fourth-order valence-electron chi connectivity index (χ4n) is 21.8. The first kappa shape index (κ1) is 108. The summed E-state index contributed by atoms with van der Waals surface area (Å²) in [7, 11) is -15.0. The zero-order valence-corrected chi connectivity index (χ0v) is 90.2. The number of nitrogens with zero attached hydrogens (tertiary/aromatic N) is 9. The summed E-state index contributed by atoms with van der Waals surface area (Å²) in [6, 6.07) is 56.4. The summed E-state index contributed by atoms with van der Waals surface area (Å²) >= 11 is 1.66. The number of para-hydroxylation sites is 3. The molecule has 22 nitrogen and oxygen atoms in total. The van der Waals surface area contributed by atoms with Gasteiger partial charge in [-0.1, -0.05) is 172 Å². The molecule has 18 rings (SSSR count). The number of carbonyl (C=O) groups is 1. The third kappa shape index (κ3) is 24.0. The van der Waals surface area contributed by atoms with Gasteiger partial charge in [0.25, 0.3) is 5.01 Å². The van der Waals surface area contributed by atoms with E-state index in [-0.39, 0.29) is 21.1 Å². The summed E-state index contributed by atoms with van der Waals surface area (Å²) in [6.45, 7) is 33.8. The van der Waals surface area contributed by atoms with Crippen LogP contribution in [0.5, 0.6) is 0 Å². The monoisotopic (exact) mass is 2050 g/mol. The van der Waals surface area contributed by atoms with Crippen LogP contribution in [0.25, 0.3) is 73.3 Å². The van der Waals surface area contributed by atoms with E-state index in [9.17, 15) is 57.2 Å². The van der Waals surface area contributed by atoms with E-state index in [1.54, 1.807) is 46.0 Å². The highest BCUT2D eigenvalue weighted by atomic mass is 32.2. The van der Waals surface area contributed by atoms with Crippen LogP contribution in [-0.4, -0.2) is 103 Å². The summed E-state index contributed by atoms with van der Waals surface area (Å²) in [4.78, 5) is 19.6. The molecule has 4 aromatic heterocycles. The summed E-state index contributed by atoms with van der Waals surface area (Å²) in [5, 5.41) is 15.5. The third-order valence-corrected chi connectivity index (χ3v) is 35.0. The van der Waals surface area contributed by atoms with Gasteiger partial charge in [-0.05, 0) is 265 Å². The van der Waals surface area contributed by atoms with Crippen LogP contribution in [0.1, 0.15) is 246 Å². The third-order valence-electron chi connectivity index (χ3n) is 29.4. The molecule has 0 spiro atoms. The molecule has 0 N–H and O–H groups in total. The quantitative estimate of drug-likeness (QED) is 0.0164. The summed E-state index contributed by atoms with van der Waals surface area (Å²) in [6.07, 6.45) is 47.2. The second kappa shape index (κ2) is 46.2. The number of aromatic nitrogens is 4. The van der Waals surface area contributed by atoms with Gasteiger partial charge in [-0.3, -0.25) is 0 Å². The Hall–Kier alpha value is -11.6. The highest BCUT2D eigenvalue weighted by Crippen LogP contribution is 2.52. The number of benzene rings is 8. The van der Waals surface area contributed by atoms with Gasteiger partial charge in [-0.2, -0.15) is 22.6 Å². The van der Waals surface area contributed by atoms with Gasteiger partial charge >= 0.3 is 0 Å². The number of fused-ring (bicyclic) bond motifs is 7. The van der Waals surface area contributed by atoms with Gasteiger partial charge in [0.15, 0.2) is 12.4 Å². The van der Waals surface area contributed by atoms with Crippen molar-refractivity contribution >= 4 is 154 Å². The predicted octanol–water partition coefficient (Wildman–Crippen LogP) is 21.8. The predicted molar refractivity (Wildman–Crippen MR) is 581 cm³/mol. The van der Waals surface area contributed by atoms with Gasteiger partial charge in [0.1, 0.15) is 61.7 Å². The Balaban J connectivity index is 0.000000146. The fourth-order valence-corrected chi connectivity index (χ4v) is 26.0. The Morgan fingerprint density at radius 1 is 0.455 bits per heavy atom. The standard InChI is InChI=1S/C34H38N2O3S.C30H36N2O3S.C27H32N3O2S2.C27H34N2O5S/c1-5-7-8-13-23-36-30-18-11-9-15-27(30)26(28-16-10-12-19-31(28)36)17-14-20-33-34(3,4)29-24-25(40(37,38)39)21-22-32(29)35(33)6-2;1-5-7-8-11-20-31-21-19-23(25-14-9-10-15-27(25)31)13-12-16-29-30(3,4)26-22-24(36(33,34)35)17-18-28(26)32(29)6-2;1-28-24-11-10-23(34(31,32)30-15-3-2-4-16-30)19-25(24)33-26(28)12-9-20-17-21-7-5-13-29-14-6-8-22(18-20)27(21)29;1-5-28-19-20(2)13-14-21(28)10-9-11-25-27(3,4)23-18-22(35(32,33)34)15-16-24(23)29(25)17-8-6-7-12-26(30)31/h9-12,14-22,24H,5-8,13,23H2,1-4H3;9-10,12-19,21-22H,5-8,11,20H2,1-4H3;9-12,17-19H,2-8,13-16H2,1H3;9-11,13-16,18-19H,5-8,12,17H2,1-4H3,(H-,30,31,32,33,34)/q;;+1;/p-1. The molecule has 6 aliphatic rings. The lowest BCUT2D eigenvalue weighted by Crippen LogP contribution is -2.36. The highest BCUT2D eigenvalue weighted by Gasteiger charge is 2.44. The lowest BCUT2D eigenvalue weighted by molar-refractivity contribution is -0.695. The van der Waals surface area contributed by atoms with Crippen LogP contribution < -0.4 is 43.0 Å². The molecule has 0 radical (unpaired) electrons. The number of piperidine rings is 1. The maximum absolute atomic E-state index is 13.1. The van der Waals surface area contributed by atoms with Crippen molar-refractivity contribution in [2.75, 3.05) is 65.4 Å². The number of hydrogen-bond donors (Lipinski definition) is 0. The zero-order chi connectivity index (χ0) is 104. The van der Waals surface area contributed by atoms with Gasteiger partial charge in [-0.25, -0.2) is 33.7 Å². The number of unbranched alkanes of at least 4 members (excludes halogenated alkanes) is 8. The Morgan fingerprint density at radius 2 is 0.945 bits per heavy atom. The highest BCUT2D eigenvalue weighted by molar-refractivity contribution is 7.89. The number of thiazole rings is 1. The topological polar surface area (TPSA) is 278 Å². The Labute approximate surface area is 862 Å². The molecule has 27 heteroatoms. The molecule has 0 bridgehead atoms. The van der Waals surface area contributed by atoms with Crippen LogP contribution in [0.15, 0.2) is 261 Å². The molecule has 6 aliphatic heterocycles. The second-order valence-corrected chi connectivity index (χ2v) is 47.4. The summed E-state index contributed by atoms with van der Waals surface area (Å²) in [5.41, 5.74) is 22.1. The Bertz CT molecular complexity index is 7490. The van der Waals surface area contributed by atoms with Crippen LogP contribution in [0.4, 0.5) is 22.7 Å². The first-order valence-corrected chi connectivity index (χ1v) is 58.1. The lowest BCUT2D eigenvalue weighted by atomic mass is 9.83. The van der Waals surface area contributed by atoms with Crippen molar-refractivity contribution < 1.29 is 75.5 Å². The molecule has 0 atom stereocenters. The van der Waals surface area contributed by atoms with Gasteiger partial charge in [0.2, 0.25) is 37.8 Å². The van der Waals surface area contributed by atoms with Gasteiger partial charge < -0.3 is 43.2 Å². The lowest BCUT2D eigenvalue weighted by Gasteiger charge is -2.37. The average Bonchev–Trinajstić information content (AvgIpc) is 1.61. The van der Waals surface area contributed by atoms with E-state index >= 15 is 0 Å². The van der Waals surface area contributed by atoms with E-state index in [0.29, 0.717) is 31.0 Å². The van der Waals surface area contributed by atoms with E-state index < -0.39 is 62.6 Å². The molecular weight excluding hydrogens is 1910 g/mol. The van der Waals surface area contributed by atoms with Crippen molar-refractivity contribution in [2.24, 2.45) is 7.05 Å². The molecule has 10 heterocycles. The van der Waals surface area contributed by atoms with E-state index in [0.717, 1.165) is 149 Å². The zero-order valence-electron chi connectivity index (χ0n) is 86.1. The average molecular weight is 2050 g/mol. The number of hydrogen-bond acceptors (Lipinski definition) is 18. The maximum atomic E-state index is 13.1. The second-order valence-electron chi connectivity index (χ2n) is 40.3. The largest absolute Gasteiger partial charge is 0.744 e. The number of allylic oxidation sites excluding steroid dienone is 9. The molecule has 0 amide bonds. The Morgan fingerprint density at radius 3 is 1.47 bits per heavy atom. The number of anilines is 4. The van der Waals surface area contributed by atoms with Crippen molar-refractivity contribution in [1.82, 2.24) is 4.31 Å².